The second-order valence-electron chi connectivity index (χ2n) is 11.7. The van der Waals surface area contributed by atoms with E-state index in [2.05, 4.69) is 6.92 Å². The van der Waals surface area contributed by atoms with Gasteiger partial charge >= 0.3 is 0 Å². The molecule has 194 valence electrons. The first-order valence-electron chi connectivity index (χ1n) is 14.6. The van der Waals surface area contributed by atoms with Crippen LogP contribution in [0.1, 0.15) is 115 Å². The minimum atomic E-state index is -1.01. The number of hydrogen-bond acceptors (Lipinski definition) is 0. The number of hydrogen-bond donors (Lipinski definition) is 0. The van der Waals surface area contributed by atoms with Gasteiger partial charge in [-0.25, -0.2) is 13.2 Å². The lowest BCUT2D eigenvalue weighted by Gasteiger charge is -2.32. The molecule has 0 unspecified atom stereocenters. The van der Waals surface area contributed by atoms with Crippen molar-refractivity contribution in [2.45, 2.75) is 117 Å². The molecule has 2 aromatic rings. The van der Waals surface area contributed by atoms with Gasteiger partial charge in [-0.05, 0) is 65.5 Å². The Morgan fingerprint density at radius 1 is 0.571 bits per heavy atom. The molecule has 0 radical (unpaired) electrons. The number of benzene rings is 2. The summed E-state index contributed by atoms with van der Waals surface area (Å²) in [5, 5.41) is 0.292. The molecule has 4 rings (SSSR count). The molecule has 0 nitrogen and oxygen atoms in total. The summed E-state index contributed by atoms with van der Waals surface area (Å²) >= 11 is 0. The first-order chi connectivity index (χ1) is 17.0. The summed E-state index contributed by atoms with van der Waals surface area (Å²) in [6.07, 6.45) is 19.1. The summed E-state index contributed by atoms with van der Waals surface area (Å²) in [7, 11) is 0. The highest BCUT2D eigenvalue weighted by Gasteiger charge is 2.25. The molecule has 0 aromatic heterocycles. The Morgan fingerprint density at radius 3 is 1.66 bits per heavy atom. The molecule has 0 heterocycles. The number of fused-ring (bicyclic) bond motifs is 1. The van der Waals surface area contributed by atoms with Crippen molar-refractivity contribution < 1.29 is 13.2 Å². The van der Waals surface area contributed by atoms with Crippen molar-refractivity contribution in [1.82, 2.24) is 0 Å². The summed E-state index contributed by atoms with van der Waals surface area (Å²) in [6.45, 7) is 4.26. The largest absolute Gasteiger partial charge is 0.206 e. The Labute approximate surface area is 211 Å². The molecule has 0 N–H and O–H groups in total. The van der Waals surface area contributed by atoms with Crippen molar-refractivity contribution >= 4 is 10.8 Å². The van der Waals surface area contributed by atoms with E-state index in [0.29, 0.717) is 35.3 Å². The van der Waals surface area contributed by atoms with Crippen LogP contribution in [0.4, 0.5) is 13.2 Å². The Balaban J connectivity index is 1.25. The maximum Gasteiger partial charge on any atom is 0.169 e. The fraction of sp³-hybridized carbons (Fsp3) is 0.688. The van der Waals surface area contributed by atoms with Crippen molar-refractivity contribution in [3.05, 3.63) is 46.8 Å². The SMILES string of the molecule is CCCc1ccc2cc(CCC3CCC(CCC4CCC(CCC)CC4)CC3)c(F)c(F)c2c1F. The summed E-state index contributed by atoms with van der Waals surface area (Å²) in [6, 6.07) is 5.14. The molecule has 2 aromatic carbocycles. The average molecular weight is 487 g/mol. The molecule has 0 saturated heterocycles. The molecule has 0 spiro atoms. The smallest absolute Gasteiger partial charge is 0.169 e. The highest BCUT2D eigenvalue weighted by molar-refractivity contribution is 5.85. The van der Waals surface area contributed by atoms with Gasteiger partial charge in [-0.15, -0.1) is 0 Å². The Bertz CT molecular complexity index is 949. The minimum Gasteiger partial charge on any atom is -0.206 e. The number of halogens is 3. The van der Waals surface area contributed by atoms with E-state index in [1.54, 1.807) is 18.2 Å². The third kappa shape index (κ3) is 6.63. The van der Waals surface area contributed by atoms with Crippen molar-refractivity contribution in [2.75, 3.05) is 0 Å². The first kappa shape index (κ1) is 26.6. The van der Waals surface area contributed by atoms with E-state index in [1.807, 2.05) is 6.92 Å². The lowest BCUT2D eigenvalue weighted by Crippen LogP contribution is -2.18. The Kier molecular flexibility index (Phi) is 9.59. The molecule has 0 bridgehead atoms. The fourth-order valence-electron chi connectivity index (χ4n) is 6.98. The van der Waals surface area contributed by atoms with Gasteiger partial charge in [-0.3, -0.25) is 0 Å². The monoisotopic (exact) mass is 486 g/mol. The molecular formula is C32H45F3. The van der Waals surface area contributed by atoms with Crippen molar-refractivity contribution in [3.63, 3.8) is 0 Å². The molecule has 0 aliphatic heterocycles. The van der Waals surface area contributed by atoms with Gasteiger partial charge in [0.2, 0.25) is 0 Å². The van der Waals surface area contributed by atoms with Crippen LogP contribution < -0.4 is 0 Å². The van der Waals surface area contributed by atoms with E-state index in [4.69, 9.17) is 0 Å². The summed E-state index contributed by atoms with van der Waals surface area (Å²) in [4.78, 5) is 0. The van der Waals surface area contributed by atoms with Gasteiger partial charge in [0.15, 0.2) is 11.6 Å². The number of aryl methyl sites for hydroxylation is 2. The third-order valence-electron chi connectivity index (χ3n) is 9.23. The second-order valence-corrected chi connectivity index (χ2v) is 11.7. The van der Waals surface area contributed by atoms with Gasteiger partial charge in [-0.2, -0.15) is 0 Å². The van der Waals surface area contributed by atoms with Gasteiger partial charge in [0, 0.05) is 0 Å². The topological polar surface area (TPSA) is 0 Å². The van der Waals surface area contributed by atoms with E-state index in [1.165, 1.54) is 77.0 Å². The van der Waals surface area contributed by atoms with Crippen LogP contribution in [0.3, 0.4) is 0 Å². The first-order valence-corrected chi connectivity index (χ1v) is 14.6. The van der Waals surface area contributed by atoms with Gasteiger partial charge in [-0.1, -0.05) is 109 Å². The van der Waals surface area contributed by atoms with E-state index in [0.717, 1.165) is 30.6 Å². The van der Waals surface area contributed by atoms with Crippen LogP contribution in [-0.2, 0) is 12.8 Å². The average Bonchev–Trinajstić information content (AvgIpc) is 2.87. The van der Waals surface area contributed by atoms with Crippen LogP contribution in [0.5, 0.6) is 0 Å². The maximum absolute atomic E-state index is 14.8. The van der Waals surface area contributed by atoms with Gasteiger partial charge in [0.25, 0.3) is 0 Å². The fourth-order valence-corrected chi connectivity index (χ4v) is 6.98. The minimum absolute atomic E-state index is 0.184. The van der Waals surface area contributed by atoms with Gasteiger partial charge < -0.3 is 0 Å². The Morgan fingerprint density at radius 2 is 1.11 bits per heavy atom. The van der Waals surface area contributed by atoms with E-state index in [-0.39, 0.29) is 5.39 Å². The van der Waals surface area contributed by atoms with E-state index < -0.39 is 17.5 Å². The summed E-state index contributed by atoms with van der Waals surface area (Å²) < 4.78 is 44.5. The Hall–Kier alpha value is -1.51. The predicted octanol–water partition coefficient (Wildman–Crippen LogP) is 10.3. The highest BCUT2D eigenvalue weighted by atomic mass is 19.2. The van der Waals surface area contributed by atoms with Crippen molar-refractivity contribution in [2.24, 2.45) is 23.7 Å². The molecular weight excluding hydrogens is 441 g/mol. The molecule has 2 aliphatic rings. The predicted molar refractivity (Wildman–Crippen MR) is 141 cm³/mol. The van der Waals surface area contributed by atoms with Gasteiger partial charge in [0.05, 0.1) is 5.39 Å². The summed E-state index contributed by atoms with van der Waals surface area (Å²) in [5.41, 5.74) is 0.866. The van der Waals surface area contributed by atoms with Crippen molar-refractivity contribution in [3.8, 4) is 0 Å². The zero-order valence-electron chi connectivity index (χ0n) is 22.0. The van der Waals surface area contributed by atoms with Crippen LogP contribution >= 0.6 is 0 Å². The quantitative estimate of drug-likeness (QED) is 0.313. The zero-order chi connectivity index (χ0) is 24.8. The van der Waals surface area contributed by atoms with Crippen LogP contribution in [0.2, 0.25) is 0 Å². The molecule has 2 fully saturated rings. The van der Waals surface area contributed by atoms with Crippen LogP contribution in [0.15, 0.2) is 18.2 Å². The lowest BCUT2D eigenvalue weighted by molar-refractivity contribution is 0.209. The zero-order valence-corrected chi connectivity index (χ0v) is 22.0. The van der Waals surface area contributed by atoms with Crippen LogP contribution in [0.25, 0.3) is 10.8 Å². The third-order valence-corrected chi connectivity index (χ3v) is 9.23. The van der Waals surface area contributed by atoms with Crippen LogP contribution in [0, 0.1) is 41.1 Å². The molecule has 2 saturated carbocycles. The van der Waals surface area contributed by atoms with Crippen LogP contribution in [-0.4, -0.2) is 0 Å². The molecule has 0 atom stereocenters. The standard InChI is InChI=1S/C32H45F3/c1-3-5-22-7-9-23(10-8-22)11-12-24-13-15-25(16-14-24)17-18-28-21-27-20-19-26(6-4-2)30(33)29(27)32(35)31(28)34/h19-25H,3-18H2,1-2H3. The molecule has 2 aliphatic carbocycles. The van der Waals surface area contributed by atoms with E-state index in [9.17, 15) is 13.2 Å². The maximum atomic E-state index is 14.8. The second kappa shape index (κ2) is 12.6. The highest BCUT2D eigenvalue weighted by Crippen LogP contribution is 2.39. The molecule has 0 amide bonds. The van der Waals surface area contributed by atoms with E-state index >= 15 is 0 Å². The molecule has 35 heavy (non-hydrogen) atoms. The number of rotatable bonds is 10. The molecule has 3 heteroatoms. The lowest BCUT2D eigenvalue weighted by atomic mass is 9.74. The summed E-state index contributed by atoms with van der Waals surface area (Å²) in [5.74, 6) is 0.930. The van der Waals surface area contributed by atoms with Crippen molar-refractivity contribution in [1.29, 1.82) is 0 Å². The van der Waals surface area contributed by atoms with Gasteiger partial charge in [0.1, 0.15) is 5.82 Å². The normalized spacial score (nSPS) is 25.3.